The molecule has 1 fully saturated rings. The molecule has 0 amide bonds. The van der Waals surface area contributed by atoms with Crippen LogP contribution in [-0.4, -0.2) is 18.9 Å². The van der Waals surface area contributed by atoms with Gasteiger partial charge in [-0.25, -0.2) is 0 Å². The Morgan fingerprint density at radius 1 is 1.44 bits per heavy atom. The number of epoxide rings is 1. The molecule has 1 unspecified atom stereocenters. The highest BCUT2D eigenvalue weighted by atomic mass is 35.5. The van der Waals surface area contributed by atoms with Crippen LogP contribution < -0.4 is 0 Å². The Morgan fingerprint density at radius 3 is 2.00 bits per heavy atom. The highest BCUT2D eigenvalue weighted by molar-refractivity contribution is 5.85. The molecule has 0 radical (unpaired) electrons. The van der Waals surface area contributed by atoms with Crippen molar-refractivity contribution < 1.29 is 17.9 Å². The third-order valence-corrected chi connectivity index (χ3v) is 0.861. The Balaban J connectivity index is 0.000000640. The number of hydrogen-bond donors (Lipinski definition) is 0. The molecule has 1 nitrogen and oxygen atoms in total. The van der Waals surface area contributed by atoms with E-state index < -0.39 is 18.7 Å². The minimum absolute atomic E-state index is 0. The number of alkyl halides is 3. The van der Waals surface area contributed by atoms with E-state index in [0.29, 0.717) is 0 Å². The lowest BCUT2D eigenvalue weighted by atomic mass is 10.3. The fraction of sp³-hybridized carbons (Fsp3) is 1.00. The van der Waals surface area contributed by atoms with Crippen molar-refractivity contribution in [1.82, 2.24) is 0 Å². The standard InChI is InChI=1S/C4H5F3O.ClH/c5-4(6,7)1-3-2-8-3;/h3H,1-2H2;1H. The van der Waals surface area contributed by atoms with E-state index in [9.17, 15) is 13.2 Å². The number of hydrogen-bond acceptors (Lipinski definition) is 1. The zero-order valence-electron chi connectivity index (χ0n) is 4.44. The summed E-state index contributed by atoms with van der Waals surface area (Å²) in [6, 6.07) is 0. The van der Waals surface area contributed by atoms with Gasteiger partial charge < -0.3 is 4.74 Å². The van der Waals surface area contributed by atoms with E-state index in [1.165, 1.54) is 0 Å². The minimum Gasteiger partial charge on any atom is -0.373 e. The van der Waals surface area contributed by atoms with E-state index in [1.807, 2.05) is 0 Å². The topological polar surface area (TPSA) is 12.5 Å². The molecule has 5 heteroatoms. The van der Waals surface area contributed by atoms with Crippen molar-refractivity contribution in [1.29, 1.82) is 0 Å². The van der Waals surface area contributed by atoms with Gasteiger partial charge in [0, 0.05) is 0 Å². The molecule has 56 valence electrons. The Hall–Kier alpha value is 0.0400. The van der Waals surface area contributed by atoms with Crippen molar-refractivity contribution in [2.45, 2.75) is 18.7 Å². The minimum atomic E-state index is -4.04. The van der Waals surface area contributed by atoms with Gasteiger partial charge in [0.05, 0.1) is 19.1 Å². The second-order valence-corrected chi connectivity index (χ2v) is 1.77. The number of ether oxygens (including phenoxy) is 1. The predicted molar refractivity (Wildman–Crippen MR) is 27.7 cm³/mol. The van der Waals surface area contributed by atoms with Gasteiger partial charge in [0.15, 0.2) is 0 Å². The average molecular weight is 163 g/mol. The Kier molecular flexibility index (Phi) is 2.76. The van der Waals surface area contributed by atoms with Crippen molar-refractivity contribution in [2.75, 3.05) is 6.61 Å². The Bertz CT molecular complexity index is 88.3. The predicted octanol–water partition coefficient (Wildman–Crippen LogP) is 1.76. The lowest BCUT2D eigenvalue weighted by Crippen LogP contribution is -2.10. The fourth-order valence-electron chi connectivity index (χ4n) is 0.444. The molecule has 0 N–H and O–H groups in total. The first kappa shape index (κ1) is 9.04. The van der Waals surface area contributed by atoms with Gasteiger partial charge in [-0.15, -0.1) is 12.4 Å². The summed E-state index contributed by atoms with van der Waals surface area (Å²) in [5.41, 5.74) is 0. The second-order valence-electron chi connectivity index (χ2n) is 1.77. The molecule has 0 aromatic heterocycles. The van der Waals surface area contributed by atoms with E-state index in [0.717, 1.165) is 0 Å². The smallest absolute Gasteiger partial charge is 0.373 e. The van der Waals surface area contributed by atoms with Crippen LogP contribution in [0.3, 0.4) is 0 Å². The largest absolute Gasteiger partial charge is 0.391 e. The van der Waals surface area contributed by atoms with Crippen molar-refractivity contribution in [2.24, 2.45) is 0 Å². The summed E-state index contributed by atoms with van der Waals surface area (Å²) in [5, 5.41) is 0. The van der Waals surface area contributed by atoms with Crippen LogP contribution in [0.2, 0.25) is 0 Å². The molecular weight excluding hydrogens is 156 g/mol. The first-order valence-electron chi connectivity index (χ1n) is 2.26. The highest BCUT2D eigenvalue weighted by Crippen LogP contribution is 2.27. The summed E-state index contributed by atoms with van der Waals surface area (Å²) in [5.74, 6) is 0. The summed E-state index contributed by atoms with van der Waals surface area (Å²) in [6.07, 6.45) is -5.36. The van der Waals surface area contributed by atoms with Gasteiger partial charge in [0.2, 0.25) is 0 Å². The lowest BCUT2D eigenvalue weighted by molar-refractivity contribution is -0.137. The summed E-state index contributed by atoms with van der Waals surface area (Å²) < 4.78 is 38.2. The molecular formula is C4H6ClF3O. The maximum absolute atomic E-state index is 11.3. The maximum Gasteiger partial charge on any atom is 0.391 e. The van der Waals surface area contributed by atoms with Crippen molar-refractivity contribution in [3.8, 4) is 0 Å². The van der Waals surface area contributed by atoms with Gasteiger partial charge in [-0.05, 0) is 0 Å². The molecule has 1 aliphatic rings. The van der Waals surface area contributed by atoms with Crippen LogP contribution >= 0.6 is 12.4 Å². The van der Waals surface area contributed by atoms with E-state index in [4.69, 9.17) is 0 Å². The maximum atomic E-state index is 11.3. The van der Waals surface area contributed by atoms with Gasteiger partial charge >= 0.3 is 6.18 Å². The van der Waals surface area contributed by atoms with E-state index in [-0.39, 0.29) is 19.0 Å². The van der Waals surface area contributed by atoms with Gasteiger partial charge in [-0.1, -0.05) is 0 Å². The van der Waals surface area contributed by atoms with Gasteiger partial charge in [0.1, 0.15) is 0 Å². The van der Waals surface area contributed by atoms with Crippen molar-refractivity contribution in [3.05, 3.63) is 0 Å². The summed E-state index contributed by atoms with van der Waals surface area (Å²) in [4.78, 5) is 0. The quantitative estimate of drug-likeness (QED) is 0.536. The van der Waals surface area contributed by atoms with Crippen LogP contribution in [0.4, 0.5) is 13.2 Å². The SMILES string of the molecule is Cl.FC(F)(F)CC1CO1. The first-order chi connectivity index (χ1) is 3.58. The highest BCUT2D eigenvalue weighted by Gasteiger charge is 2.37. The first-order valence-corrected chi connectivity index (χ1v) is 2.26. The Labute approximate surface area is 56.6 Å². The fourth-order valence-corrected chi connectivity index (χ4v) is 0.444. The van der Waals surface area contributed by atoms with E-state index in [1.54, 1.807) is 0 Å². The zero-order chi connectivity index (χ0) is 6.20. The number of halogens is 4. The Morgan fingerprint density at radius 2 is 1.89 bits per heavy atom. The third-order valence-electron chi connectivity index (χ3n) is 0.861. The third kappa shape index (κ3) is 4.54. The van der Waals surface area contributed by atoms with E-state index >= 15 is 0 Å². The van der Waals surface area contributed by atoms with E-state index in [2.05, 4.69) is 4.74 Å². The van der Waals surface area contributed by atoms with Crippen LogP contribution in [0.15, 0.2) is 0 Å². The lowest BCUT2D eigenvalue weighted by Gasteiger charge is -2.00. The molecule has 0 aliphatic carbocycles. The summed E-state index contributed by atoms with van der Waals surface area (Å²) in [7, 11) is 0. The molecule has 0 bridgehead atoms. The summed E-state index contributed by atoms with van der Waals surface area (Å²) >= 11 is 0. The molecule has 0 aromatic rings. The second kappa shape index (κ2) is 2.75. The summed E-state index contributed by atoms with van der Waals surface area (Å²) in [6.45, 7) is 0.277. The van der Waals surface area contributed by atoms with Crippen molar-refractivity contribution in [3.63, 3.8) is 0 Å². The molecule has 1 heterocycles. The monoisotopic (exact) mass is 162 g/mol. The van der Waals surface area contributed by atoms with Gasteiger partial charge in [-0.2, -0.15) is 13.2 Å². The molecule has 1 atom stereocenters. The normalized spacial score (nSPS) is 25.0. The van der Waals surface area contributed by atoms with Crippen LogP contribution in [0, 0.1) is 0 Å². The molecule has 1 rings (SSSR count). The molecule has 0 aromatic carbocycles. The van der Waals surface area contributed by atoms with Gasteiger partial charge in [-0.3, -0.25) is 0 Å². The zero-order valence-corrected chi connectivity index (χ0v) is 5.26. The van der Waals surface area contributed by atoms with Crippen LogP contribution in [-0.2, 0) is 4.74 Å². The molecule has 0 spiro atoms. The molecule has 1 aliphatic heterocycles. The molecule has 1 saturated heterocycles. The van der Waals surface area contributed by atoms with Crippen molar-refractivity contribution >= 4 is 12.4 Å². The molecule has 0 saturated carbocycles. The van der Waals surface area contributed by atoms with Crippen LogP contribution in [0.25, 0.3) is 0 Å². The average Bonchev–Trinajstić information content (AvgIpc) is 2.12. The van der Waals surface area contributed by atoms with Gasteiger partial charge in [0.25, 0.3) is 0 Å². The molecule has 9 heavy (non-hydrogen) atoms. The van der Waals surface area contributed by atoms with Crippen LogP contribution in [0.5, 0.6) is 0 Å². The number of rotatable bonds is 1. The van der Waals surface area contributed by atoms with Crippen LogP contribution in [0.1, 0.15) is 6.42 Å².